The van der Waals surface area contributed by atoms with E-state index in [1.165, 1.54) is 11.6 Å². The van der Waals surface area contributed by atoms with Crippen LogP contribution >= 0.6 is 0 Å². The Balaban J connectivity index is 0. The van der Waals surface area contributed by atoms with Crippen LogP contribution in [0.4, 0.5) is 0 Å². The second-order valence-electron chi connectivity index (χ2n) is 4.55. The van der Waals surface area contributed by atoms with Gasteiger partial charge in [-0.1, -0.05) is 25.2 Å². The Hall–Kier alpha value is 0.363. The van der Waals surface area contributed by atoms with E-state index in [1.807, 2.05) is 0 Å². The Labute approximate surface area is 111 Å². The molecule has 0 nitrogen and oxygen atoms in total. The molecule has 14 heavy (non-hydrogen) atoms. The van der Waals surface area contributed by atoms with Crippen molar-refractivity contribution in [2.75, 3.05) is 0 Å². The molecular weight excluding hydrogens is 220 g/mol. The summed E-state index contributed by atoms with van der Waals surface area (Å²) in [5, 5.41) is 0. The van der Waals surface area contributed by atoms with Crippen LogP contribution in [0.2, 0.25) is 19.6 Å². The van der Waals surface area contributed by atoms with Crippen LogP contribution in [-0.4, -0.2) is 31.1 Å². The van der Waals surface area contributed by atoms with Gasteiger partial charge in [0.25, 0.3) is 0 Å². The van der Waals surface area contributed by atoms with E-state index >= 15 is 0 Å². The molecule has 0 aliphatic carbocycles. The molecule has 3 heteroatoms. The van der Waals surface area contributed by atoms with E-state index in [2.05, 4.69) is 50.8 Å². The van der Waals surface area contributed by atoms with E-state index in [0.29, 0.717) is 0 Å². The quantitative estimate of drug-likeness (QED) is 0.498. The zero-order valence-electron chi connectivity index (χ0n) is 9.31. The summed E-state index contributed by atoms with van der Waals surface area (Å²) in [6.45, 7) is 11.1. The van der Waals surface area contributed by atoms with Gasteiger partial charge in [0.15, 0.2) is 0 Å². The number of benzene rings is 1. The van der Waals surface area contributed by atoms with Crippen molar-refractivity contribution >= 4 is 31.1 Å². The van der Waals surface area contributed by atoms with Crippen LogP contribution in [0, 0.1) is 6.92 Å². The van der Waals surface area contributed by atoms with E-state index in [0.717, 1.165) is 5.56 Å². The molecule has 0 saturated carbocycles. The SMILES string of the molecule is [CH2-]c1ccc(C[Si](C)(C)C)cc1.[Cl-].[Mg+2]. The minimum Gasteiger partial charge on any atom is -1.00 e. The smallest absolute Gasteiger partial charge is 1.00 e. The number of hydrogen-bond acceptors (Lipinski definition) is 0. The summed E-state index contributed by atoms with van der Waals surface area (Å²) in [6.07, 6.45) is 0. The maximum absolute atomic E-state index is 3.87. The molecule has 0 unspecified atom stereocenters. The Bertz CT molecular complexity index is 251. The van der Waals surface area contributed by atoms with E-state index < -0.39 is 8.07 Å². The summed E-state index contributed by atoms with van der Waals surface area (Å²) in [5.41, 5.74) is 2.57. The van der Waals surface area contributed by atoms with Crippen molar-refractivity contribution < 1.29 is 12.4 Å². The molecule has 0 radical (unpaired) electrons. The summed E-state index contributed by atoms with van der Waals surface area (Å²) < 4.78 is 0. The topological polar surface area (TPSA) is 0 Å². The average Bonchev–Trinajstić information content (AvgIpc) is 1.91. The minimum atomic E-state index is -0.936. The Morgan fingerprint density at radius 3 is 1.86 bits per heavy atom. The molecule has 0 aliphatic rings. The Kier molecular flexibility index (Phi) is 8.12. The van der Waals surface area contributed by atoms with Crippen LogP contribution in [-0.2, 0) is 6.04 Å². The molecule has 1 aromatic rings. The van der Waals surface area contributed by atoms with Crippen molar-refractivity contribution in [2.24, 2.45) is 0 Å². The largest absolute Gasteiger partial charge is 2.00 e. The summed E-state index contributed by atoms with van der Waals surface area (Å²) in [6, 6.07) is 9.85. The standard InChI is InChI=1S/C11H17Si.ClH.Mg/c1-10-5-7-11(8-6-10)9-12(2,3)4;;/h5-8H,1,9H2,2-4H3;1H;/q-1;;+2/p-1. The predicted octanol–water partition coefficient (Wildman–Crippen LogP) is -0.0881. The summed E-state index contributed by atoms with van der Waals surface area (Å²) in [5.74, 6) is 0. The predicted molar refractivity (Wildman–Crippen MR) is 63.7 cm³/mol. The average molecular weight is 237 g/mol. The molecule has 0 spiro atoms. The second-order valence-corrected chi connectivity index (χ2v) is 10.0. The van der Waals surface area contributed by atoms with Gasteiger partial charge in [-0.2, -0.15) is 24.6 Å². The van der Waals surface area contributed by atoms with Crippen LogP contribution in [0.25, 0.3) is 0 Å². The molecule has 0 saturated heterocycles. The maximum Gasteiger partial charge on any atom is 2.00 e. The third kappa shape index (κ3) is 6.76. The van der Waals surface area contributed by atoms with Crippen LogP contribution in [0.5, 0.6) is 0 Å². The van der Waals surface area contributed by atoms with E-state index in [-0.39, 0.29) is 35.5 Å². The molecule has 0 N–H and O–H groups in total. The van der Waals surface area contributed by atoms with E-state index in [1.54, 1.807) is 0 Å². The van der Waals surface area contributed by atoms with Gasteiger partial charge in [0.2, 0.25) is 0 Å². The van der Waals surface area contributed by atoms with Gasteiger partial charge in [-0.15, -0.1) is 12.1 Å². The molecule has 0 aliphatic heterocycles. The third-order valence-electron chi connectivity index (χ3n) is 1.76. The third-order valence-corrected chi connectivity index (χ3v) is 3.23. The first-order valence-corrected chi connectivity index (χ1v) is 8.09. The van der Waals surface area contributed by atoms with Gasteiger partial charge in [0.1, 0.15) is 0 Å². The van der Waals surface area contributed by atoms with Gasteiger partial charge >= 0.3 is 23.1 Å². The fourth-order valence-electron chi connectivity index (χ4n) is 1.27. The monoisotopic (exact) mass is 236 g/mol. The molecule has 0 heterocycles. The van der Waals surface area contributed by atoms with Crippen molar-refractivity contribution in [3.8, 4) is 0 Å². The summed E-state index contributed by atoms with van der Waals surface area (Å²) >= 11 is 0. The minimum absolute atomic E-state index is 0. The van der Waals surface area contributed by atoms with Crippen LogP contribution in [0.1, 0.15) is 11.1 Å². The number of halogens is 1. The Morgan fingerprint density at radius 1 is 1.07 bits per heavy atom. The number of hydrogen-bond donors (Lipinski definition) is 0. The zero-order valence-corrected chi connectivity index (χ0v) is 12.5. The molecule has 0 bridgehead atoms. The second kappa shape index (κ2) is 6.77. The molecule has 0 amide bonds. The molecule has 0 aromatic heterocycles. The van der Waals surface area contributed by atoms with Gasteiger partial charge in [-0.25, -0.2) is 0 Å². The Morgan fingerprint density at radius 2 is 1.50 bits per heavy atom. The first kappa shape index (κ1) is 16.8. The van der Waals surface area contributed by atoms with E-state index in [4.69, 9.17) is 0 Å². The van der Waals surface area contributed by atoms with Gasteiger partial charge in [-0.05, 0) is 6.04 Å². The van der Waals surface area contributed by atoms with Crippen molar-refractivity contribution in [1.29, 1.82) is 0 Å². The molecule has 1 aromatic carbocycles. The molecule has 74 valence electrons. The van der Waals surface area contributed by atoms with Gasteiger partial charge in [-0.3, -0.25) is 0 Å². The van der Waals surface area contributed by atoms with Crippen molar-refractivity contribution in [3.63, 3.8) is 0 Å². The first-order chi connectivity index (χ1) is 5.47. The first-order valence-electron chi connectivity index (χ1n) is 4.38. The van der Waals surface area contributed by atoms with Crippen molar-refractivity contribution in [2.45, 2.75) is 25.7 Å². The maximum atomic E-state index is 3.87. The van der Waals surface area contributed by atoms with E-state index in [9.17, 15) is 0 Å². The van der Waals surface area contributed by atoms with Crippen molar-refractivity contribution in [3.05, 3.63) is 42.3 Å². The summed E-state index contributed by atoms with van der Waals surface area (Å²) in [7, 11) is -0.936. The molecular formula is C11H17ClMgSi. The molecule has 0 fully saturated rings. The summed E-state index contributed by atoms with van der Waals surface area (Å²) in [4.78, 5) is 0. The normalized spacial score (nSPS) is 9.93. The zero-order chi connectivity index (χ0) is 9.19. The van der Waals surface area contributed by atoms with Crippen molar-refractivity contribution in [1.82, 2.24) is 0 Å². The van der Waals surface area contributed by atoms with Gasteiger partial charge in [0.05, 0.1) is 0 Å². The van der Waals surface area contributed by atoms with Gasteiger partial charge in [0, 0.05) is 8.07 Å². The number of rotatable bonds is 2. The molecule has 0 atom stereocenters. The fraction of sp³-hybridized carbons (Fsp3) is 0.364. The van der Waals surface area contributed by atoms with Crippen LogP contribution in [0.3, 0.4) is 0 Å². The van der Waals surface area contributed by atoms with Crippen LogP contribution < -0.4 is 12.4 Å². The van der Waals surface area contributed by atoms with Gasteiger partial charge < -0.3 is 12.4 Å². The fourth-order valence-corrected chi connectivity index (χ4v) is 2.73. The van der Waals surface area contributed by atoms with Crippen LogP contribution in [0.15, 0.2) is 24.3 Å². The molecule has 1 rings (SSSR count).